The molecular weight excluding hydrogens is 344 g/mol. The van der Waals surface area contributed by atoms with E-state index in [9.17, 15) is 0 Å². The molecule has 0 spiro atoms. The van der Waals surface area contributed by atoms with Gasteiger partial charge in [0.2, 0.25) is 5.69 Å². The van der Waals surface area contributed by atoms with Crippen molar-refractivity contribution in [1.29, 1.82) is 0 Å². The normalized spacial score (nSPS) is 10.3. The van der Waals surface area contributed by atoms with Crippen LogP contribution < -0.4 is 21.1 Å². The summed E-state index contributed by atoms with van der Waals surface area (Å²) in [5, 5.41) is 13.3. The van der Waals surface area contributed by atoms with Crippen LogP contribution in [-0.2, 0) is 0 Å². The van der Waals surface area contributed by atoms with E-state index in [1.807, 2.05) is 26.0 Å². The Morgan fingerprint density at radius 2 is 2.15 bits per heavy atom. The van der Waals surface area contributed by atoms with Crippen LogP contribution in [0.1, 0.15) is 11.3 Å². The van der Waals surface area contributed by atoms with Gasteiger partial charge >= 0.3 is 0 Å². The molecule has 0 saturated carbocycles. The van der Waals surface area contributed by atoms with Crippen LogP contribution in [0, 0.1) is 20.4 Å². The number of nitrogens with one attached hydrogen (secondary N) is 3. The second kappa shape index (κ2) is 8.05. The van der Waals surface area contributed by atoms with Gasteiger partial charge in [-0.2, -0.15) is 5.10 Å². The molecule has 9 heteroatoms. The molecule has 0 saturated heterocycles. The van der Waals surface area contributed by atoms with Gasteiger partial charge < -0.3 is 21.1 Å². The summed E-state index contributed by atoms with van der Waals surface area (Å²) in [6.07, 6.45) is 1.61. The number of nitrogens with zero attached hydrogens (tertiary/aromatic N) is 4. The lowest BCUT2D eigenvalue weighted by molar-refractivity contribution is 0.333. The van der Waals surface area contributed by atoms with E-state index in [2.05, 4.69) is 35.6 Å². The van der Waals surface area contributed by atoms with Gasteiger partial charge in [0.1, 0.15) is 18.2 Å². The number of H-pyrrole nitrogens is 1. The minimum atomic E-state index is 0.341. The Morgan fingerprint density at radius 1 is 1.30 bits per heavy atom. The van der Waals surface area contributed by atoms with Crippen molar-refractivity contribution in [1.82, 2.24) is 20.2 Å². The highest BCUT2D eigenvalue weighted by Crippen LogP contribution is 2.30. The first-order valence-electron chi connectivity index (χ1n) is 8.32. The van der Waals surface area contributed by atoms with E-state index in [0.29, 0.717) is 47.9 Å². The largest absolute Gasteiger partial charge is 0.488 e. The van der Waals surface area contributed by atoms with Crippen LogP contribution in [0.2, 0.25) is 0 Å². The number of aryl methyl sites for hydroxylation is 2. The third-order valence-corrected chi connectivity index (χ3v) is 3.71. The number of hydrogen-bond donors (Lipinski definition) is 4. The van der Waals surface area contributed by atoms with Gasteiger partial charge in [-0.05, 0) is 37.6 Å². The van der Waals surface area contributed by atoms with Crippen molar-refractivity contribution in [3.63, 3.8) is 0 Å². The second-order valence-electron chi connectivity index (χ2n) is 5.86. The lowest BCUT2D eigenvalue weighted by Crippen LogP contribution is -2.14. The number of ether oxygens (including phenoxy) is 1. The average molecular weight is 364 g/mol. The van der Waals surface area contributed by atoms with Gasteiger partial charge in [0, 0.05) is 24.5 Å². The van der Waals surface area contributed by atoms with E-state index >= 15 is 0 Å². The Balaban J connectivity index is 1.68. The Bertz CT molecular complexity index is 976. The van der Waals surface area contributed by atoms with Gasteiger partial charge in [0.25, 0.3) is 0 Å². The number of rotatable bonds is 7. The van der Waals surface area contributed by atoms with E-state index in [0.717, 1.165) is 11.3 Å². The van der Waals surface area contributed by atoms with Crippen LogP contribution in [-0.4, -0.2) is 33.3 Å². The van der Waals surface area contributed by atoms with Crippen molar-refractivity contribution in [2.24, 2.45) is 0 Å². The van der Waals surface area contributed by atoms with Gasteiger partial charge in [-0.3, -0.25) is 5.10 Å². The molecule has 138 valence electrons. The number of aromatic nitrogens is 4. The third-order valence-electron chi connectivity index (χ3n) is 3.71. The van der Waals surface area contributed by atoms with Gasteiger partial charge in [-0.15, -0.1) is 0 Å². The predicted octanol–water partition coefficient (Wildman–Crippen LogP) is 3.18. The fraction of sp³-hybridized carbons (Fsp3) is 0.222. The molecule has 0 radical (unpaired) electrons. The van der Waals surface area contributed by atoms with Gasteiger partial charge in [-0.25, -0.2) is 14.8 Å². The Kier molecular flexibility index (Phi) is 5.37. The zero-order valence-corrected chi connectivity index (χ0v) is 15.1. The van der Waals surface area contributed by atoms with Crippen LogP contribution in [0.15, 0.2) is 30.5 Å². The highest BCUT2D eigenvalue weighted by molar-refractivity contribution is 5.73. The van der Waals surface area contributed by atoms with Crippen molar-refractivity contribution >= 4 is 29.0 Å². The first-order chi connectivity index (χ1) is 13.1. The van der Waals surface area contributed by atoms with Crippen LogP contribution >= 0.6 is 0 Å². The zero-order valence-electron chi connectivity index (χ0n) is 15.1. The number of aromatic amines is 1. The molecule has 0 unspecified atom stereocenters. The minimum absolute atomic E-state index is 0.341. The second-order valence-corrected chi connectivity index (χ2v) is 5.86. The Labute approximate surface area is 156 Å². The summed E-state index contributed by atoms with van der Waals surface area (Å²) in [6, 6.07) is 7.20. The molecule has 3 aromatic rings. The van der Waals surface area contributed by atoms with Crippen LogP contribution in [0.5, 0.6) is 5.75 Å². The maximum absolute atomic E-state index is 7.41. The third kappa shape index (κ3) is 4.43. The first-order valence-corrected chi connectivity index (χ1v) is 8.32. The molecule has 3 rings (SSSR count). The van der Waals surface area contributed by atoms with Gasteiger partial charge in [0.15, 0.2) is 17.4 Å². The fourth-order valence-electron chi connectivity index (χ4n) is 2.46. The summed E-state index contributed by atoms with van der Waals surface area (Å²) < 4.78 is 5.61. The van der Waals surface area contributed by atoms with Crippen molar-refractivity contribution < 1.29 is 4.74 Å². The standard InChI is InChI=1S/C18H20N8O/c1-11-9-14(23-15-10-12(2)25-26-15)24-18(16(11)20-3)22-7-8-27-13-5-4-6-21-17(13)19/h4-6,9-10H,7-8H2,1-2H3,(H2,19,21)(H3,22,23,24,25,26). The first kappa shape index (κ1) is 18.0. The molecule has 0 aromatic carbocycles. The fourth-order valence-corrected chi connectivity index (χ4v) is 2.46. The van der Waals surface area contributed by atoms with E-state index in [1.165, 1.54) is 0 Å². The van der Waals surface area contributed by atoms with E-state index in [-0.39, 0.29) is 0 Å². The highest BCUT2D eigenvalue weighted by Gasteiger charge is 2.11. The summed E-state index contributed by atoms with van der Waals surface area (Å²) in [4.78, 5) is 12.0. The minimum Gasteiger partial charge on any atom is -0.488 e. The molecule has 3 aromatic heterocycles. The zero-order chi connectivity index (χ0) is 19.2. The topological polar surface area (TPSA) is 118 Å². The molecule has 0 amide bonds. The lowest BCUT2D eigenvalue weighted by Gasteiger charge is -2.13. The van der Waals surface area contributed by atoms with E-state index in [4.69, 9.17) is 17.0 Å². The Hall–Kier alpha value is -3.80. The molecule has 27 heavy (non-hydrogen) atoms. The summed E-state index contributed by atoms with van der Waals surface area (Å²) in [5.74, 6) is 2.62. The molecule has 3 heterocycles. The number of pyridine rings is 2. The molecule has 0 aliphatic heterocycles. The molecule has 9 nitrogen and oxygen atoms in total. The van der Waals surface area contributed by atoms with Crippen LogP contribution in [0.4, 0.5) is 29.0 Å². The monoisotopic (exact) mass is 364 g/mol. The van der Waals surface area contributed by atoms with Crippen molar-refractivity contribution in [2.75, 3.05) is 29.5 Å². The summed E-state index contributed by atoms with van der Waals surface area (Å²) in [7, 11) is 0. The average Bonchev–Trinajstić information content (AvgIpc) is 3.04. The molecule has 0 fully saturated rings. The number of nitrogen functional groups attached to an aromatic ring is 1. The summed E-state index contributed by atoms with van der Waals surface area (Å²) >= 11 is 0. The smallest absolute Gasteiger partial charge is 0.231 e. The number of anilines is 4. The number of hydrogen-bond acceptors (Lipinski definition) is 7. The Morgan fingerprint density at radius 3 is 2.85 bits per heavy atom. The lowest BCUT2D eigenvalue weighted by atomic mass is 10.2. The molecule has 0 bridgehead atoms. The van der Waals surface area contributed by atoms with E-state index in [1.54, 1.807) is 18.3 Å². The molecule has 0 aliphatic rings. The quantitative estimate of drug-likeness (QED) is 0.375. The molecule has 0 aliphatic carbocycles. The highest BCUT2D eigenvalue weighted by atomic mass is 16.5. The predicted molar refractivity (Wildman–Crippen MR) is 104 cm³/mol. The molecule has 5 N–H and O–H groups in total. The number of nitrogens with two attached hydrogens (primary N) is 1. The van der Waals surface area contributed by atoms with Crippen molar-refractivity contribution in [3.8, 4) is 5.75 Å². The summed E-state index contributed by atoms with van der Waals surface area (Å²) in [6.45, 7) is 12.0. The van der Waals surface area contributed by atoms with Crippen LogP contribution in [0.25, 0.3) is 4.85 Å². The van der Waals surface area contributed by atoms with Crippen molar-refractivity contribution in [2.45, 2.75) is 13.8 Å². The van der Waals surface area contributed by atoms with E-state index < -0.39 is 0 Å². The van der Waals surface area contributed by atoms with Gasteiger partial charge in [-0.1, -0.05) is 0 Å². The van der Waals surface area contributed by atoms with Crippen molar-refractivity contribution in [3.05, 3.63) is 53.1 Å². The maximum atomic E-state index is 7.41. The summed E-state index contributed by atoms with van der Waals surface area (Å²) in [5.41, 5.74) is 7.98. The van der Waals surface area contributed by atoms with Gasteiger partial charge in [0.05, 0.1) is 6.57 Å². The maximum Gasteiger partial charge on any atom is 0.231 e. The molecule has 0 atom stereocenters. The van der Waals surface area contributed by atoms with Crippen LogP contribution in [0.3, 0.4) is 0 Å². The molecular formula is C18H20N8O. The SMILES string of the molecule is [C-]#[N+]c1c(C)cc(Nc2cc(C)[nH]n2)nc1NCCOc1cccnc1N.